The molecule has 4 fully saturated rings. The molecule has 8 rings (SSSR count). The summed E-state index contributed by atoms with van der Waals surface area (Å²) in [7, 11) is 3.39. The fourth-order valence-electron chi connectivity index (χ4n) is 13.0. The van der Waals surface area contributed by atoms with Crippen molar-refractivity contribution in [2.24, 2.45) is 11.8 Å². The third kappa shape index (κ3) is 18.1. The second kappa shape index (κ2) is 33.7. The number of carbonyl (C=O) groups is 8. The van der Waals surface area contributed by atoms with E-state index in [0.29, 0.717) is 115 Å². The van der Waals surface area contributed by atoms with Crippen molar-refractivity contribution in [3.63, 3.8) is 0 Å². The maximum absolute atomic E-state index is 14.7. The Morgan fingerprint density at radius 1 is 0.443 bits per heavy atom. The Morgan fingerprint density at radius 2 is 0.784 bits per heavy atom. The van der Waals surface area contributed by atoms with Crippen LogP contribution in [0.15, 0.2) is 121 Å². The quantitative estimate of drug-likeness (QED) is 0.0311. The zero-order chi connectivity index (χ0) is 62.4. The fourth-order valence-corrected chi connectivity index (χ4v) is 13.0. The van der Waals surface area contributed by atoms with E-state index >= 15 is 0 Å². The van der Waals surface area contributed by atoms with E-state index in [1.807, 2.05) is 97.1 Å². The standard InChI is InChI=1S/C68H94N12O8/c1-45(69-3)61(81)77-59-51(43-71-41-47-23-13-9-14-24-47)31-33-53-35-37-55(79(53)67(59)87)63(83)75-57(49-27-17-11-18-28-49)65(85)73-39-21-7-5-6-8-22-40-74-66(86)58(50-29-19-12-20-30-50)76-64(84)56-38-36-54-34-32-52(44-72-42-48-25-15-10-16-26-48)60(68(88)80(54)56)78-62(82)46(2)70-4/h9-20,23-30,45-46,51-60,69-72H,5-8,21-22,31-44H2,1-4H3,(H,73,85)(H,74,86)(H,75,83)(H,76,84)(H,77,81)(H,78,82)/t45-,46-,51+,52+,53-,54-,55-,56-,57-,58?,59-,60-/m0/s1. The smallest absolute Gasteiger partial charge is 0.247 e. The molecule has 4 aliphatic rings. The van der Waals surface area contributed by atoms with Crippen LogP contribution in [0.4, 0.5) is 0 Å². The minimum atomic E-state index is -0.993. The lowest BCUT2D eigenvalue weighted by Gasteiger charge is -2.33. The summed E-state index contributed by atoms with van der Waals surface area (Å²) in [6, 6.07) is 31.5. The van der Waals surface area contributed by atoms with E-state index in [1.54, 1.807) is 62.0 Å². The molecule has 474 valence electrons. The first-order valence-corrected chi connectivity index (χ1v) is 32.1. The van der Waals surface area contributed by atoms with Crippen molar-refractivity contribution in [2.75, 3.05) is 40.3 Å². The first kappa shape index (κ1) is 66.4. The van der Waals surface area contributed by atoms with Crippen LogP contribution in [0.3, 0.4) is 0 Å². The van der Waals surface area contributed by atoms with Crippen LogP contribution in [0, 0.1) is 11.8 Å². The monoisotopic (exact) mass is 1210 g/mol. The molecule has 4 aromatic carbocycles. The Kier molecular flexibility index (Phi) is 25.5. The molecule has 0 radical (unpaired) electrons. The number of likely N-dealkylation sites (N-methyl/N-ethyl adjacent to an activating group) is 2. The fraction of sp³-hybridized carbons (Fsp3) is 0.529. The molecule has 4 aliphatic heterocycles. The van der Waals surface area contributed by atoms with E-state index in [0.717, 1.165) is 36.8 Å². The van der Waals surface area contributed by atoms with Crippen LogP contribution in [-0.2, 0) is 51.4 Å². The molecular formula is C68H94N12O8. The number of carbonyl (C=O) groups excluding carboxylic acids is 8. The molecule has 0 aromatic heterocycles. The lowest BCUT2D eigenvalue weighted by atomic mass is 9.92. The van der Waals surface area contributed by atoms with Gasteiger partial charge in [-0.1, -0.05) is 147 Å². The van der Waals surface area contributed by atoms with Crippen LogP contribution in [-0.4, -0.2) is 146 Å². The molecule has 0 aliphatic carbocycles. The minimum absolute atomic E-state index is 0.178. The molecule has 4 saturated heterocycles. The van der Waals surface area contributed by atoms with Gasteiger partial charge in [-0.3, -0.25) is 38.4 Å². The third-order valence-electron chi connectivity index (χ3n) is 18.3. The van der Waals surface area contributed by atoms with Gasteiger partial charge in [-0.05, 0) is 114 Å². The number of amides is 8. The highest BCUT2D eigenvalue weighted by atomic mass is 16.2. The Labute approximate surface area is 519 Å². The average Bonchev–Trinajstić information content (AvgIpc) is 2.23. The van der Waals surface area contributed by atoms with Crippen molar-refractivity contribution < 1.29 is 38.4 Å². The van der Waals surface area contributed by atoms with Gasteiger partial charge in [-0.2, -0.15) is 0 Å². The average molecular weight is 1210 g/mol. The first-order chi connectivity index (χ1) is 42.8. The second-order valence-electron chi connectivity index (χ2n) is 24.3. The van der Waals surface area contributed by atoms with Crippen LogP contribution in [0.1, 0.15) is 138 Å². The maximum Gasteiger partial charge on any atom is 0.247 e. The second-order valence-corrected chi connectivity index (χ2v) is 24.3. The van der Waals surface area contributed by atoms with Gasteiger partial charge >= 0.3 is 0 Å². The lowest BCUT2D eigenvalue weighted by molar-refractivity contribution is -0.144. The third-order valence-corrected chi connectivity index (χ3v) is 18.3. The molecule has 4 heterocycles. The largest absolute Gasteiger partial charge is 0.354 e. The van der Waals surface area contributed by atoms with Crippen molar-refractivity contribution in [3.8, 4) is 0 Å². The summed E-state index contributed by atoms with van der Waals surface area (Å²) < 4.78 is 0. The number of fused-ring (bicyclic) bond motifs is 2. The minimum Gasteiger partial charge on any atom is -0.354 e. The summed E-state index contributed by atoms with van der Waals surface area (Å²) >= 11 is 0. The number of unbranched alkanes of at least 4 members (excludes halogenated alkanes) is 5. The summed E-state index contributed by atoms with van der Waals surface area (Å²) in [4.78, 5) is 116. The van der Waals surface area contributed by atoms with Crippen molar-refractivity contribution in [1.29, 1.82) is 0 Å². The SMILES string of the molecule is CN[C@@H](C)C(=O)N[C@@H]1C(=O)N2[C@@H](CC[C@@H]1CNCc1ccccc1)CC[C@H]2C(=O)NC(C(=O)NCCCCCCCCNC(=O)[C@@H](NC(=O)[C@@H]1CC[C@@H]2CC[C@H](CNCc3ccccc3)[C@H](NC(=O)[C@H](C)NC)C(=O)N21)c1ccccc1)c1ccccc1. The van der Waals surface area contributed by atoms with Gasteiger partial charge in [0.15, 0.2) is 0 Å². The summed E-state index contributed by atoms with van der Waals surface area (Å²) in [6.45, 7) is 6.51. The number of nitrogens with zero attached hydrogens (tertiary/aromatic N) is 2. The molecule has 0 spiro atoms. The molecule has 0 bridgehead atoms. The number of hydrogen-bond donors (Lipinski definition) is 10. The lowest BCUT2D eigenvalue weighted by Crippen LogP contribution is -2.59. The molecular weight excluding hydrogens is 1110 g/mol. The zero-order valence-corrected chi connectivity index (χ0v) is 51.8. The number of hydrogen-bond acceptors (Lipinski definition) is 12. The molecule has 20 heteroatoms. The Balaban J connectivity index is 0.791. The summed E-state index contributed by atoms with van der Waals surface area (Å²) in [5.41, 5.74) is 3.46. The zero-order valence-electron chi connectivity index (χ0n) is 51.8. The topological polar surface area (TPSA) is 263 Å². The molecule has 20 nitrogen and oxygen atoms in total. The first-order valence-electron chi connectivity index (χ1n) is 32.1. The molecule has 10 N–H and O–H groups in total. The van der Waals surface area contributed by atoms with Gasteiger partial charge in [0.25, 0.3) is 0 Å². The van der Waals surface area contributed by atoms with Crippen molar-refractivity contribution in [3.05, 3.63) is 144 Å². The number of rotatable bonds is 31. The number of nitrogens with one attached hydrogen (secondary N) is 10. The van der Waals surface area contributed by atoms with E-state index in [4.69, 9.17) is 0 Å². The van der Waals surface area contributed by atoms with Crippen molar-refractivity contribution >= 4 is 47.3 Å². The Morgan fingerprint density at radius 3 is 1.15 bits per heavy atom. The summed E-state index contributed by atoms with van der Waals surface area (Å²) in [5.74, 6) is -3.08. The highest BCUT2D eigenvalue weighted by Gasteiger charge is 2.50. The van der Waals surface area contributed by atoms with Crippen LogP contribution in [0.2, 0.25) is 0 Å². The molecule has 88 heavy (non-hydrogen) atoms. The van der Waals surface area contributed by atoms with Crippen molar-refractivity contribution in [1.82, 2.24) is 63.0 Å². The van der Waals surface area contributed by atoms with Gasteiger partial charge in [0.2, 0.25) is 47.3 Å². The van der Waals surface area contributed by atoms with Crippen LogP contribution < -0.4 is 53.2 Å². The summed E-state index contributed by atoms with van der Waals surface area (Å²) in [6.07, 6.45) is 9.81. The molecule has 8 amide bonds. The predicted molar refractivity (Wildman–Crippen MR) is 338 cm³/mol. The maximum atomic E-state index is 14.7. The van der Waals surface area contributed by atoms with E-state index in [-0.39, 0.29) is 59.4 Å². The van der Waals surface area contributed by atoms with Gasteiger partial charge in [0.1, 0.15) is 36.3 Å². The van der Waals surface area contributed by atoms with Crippen molar-refractivity contribution in [2.45, 2.75) is 177 Å². The highest BCUT2D eigenvalue weighted by Crippen LogP contribution is 2.36. The van der Waals surface area contributed by atoms with E-state index in [2.05, 4.69) is 53.2 Å². The van der Waals surface area contributed by atoms with Crippen LogP contribution in [0.25, 0.3) is 0 Å². The van der Waals surface area contributed by atoms with E-state index in [9.17, 15) is 38.4 Å². The van der Waals surface area contributed by atoms with Gasteiger partial charge in [0, 0.05) is 63.2 Å². The van der Waals surface area contributed by atoms with Gasteiger partial charge in [-0.25, -0.2) is 0 Å². The van der Waals surface area contributed by atoms with Gasteiger partial charge in [0.05, 0.1) is 12.1 Å². The molecule has 4 aromatic rings. The normalized spacial score (nSPS) is 23.0. The van der Waals surface area contributed by atoms with E-state index < -0.39 is 60.1 Å². The molecule has 12 atom stereocenters. The number of benzene rings is 4. The molecule has 0 saturated carbocycles. The highest BCUT2D eigenvalue weighted by molar-refractivity contribution is 5.97. The predicted octanol–water partition coefficient (Wildman–Crippen LogP) is 4.58. The Bertz CT molecular complexity index is 2710. The van der Waals surface area contributed by atoms with Crippen LogP contribution in [0.5, 0.6) is 0 Å². The van der Waals surface area contributed by atoms with Gasteiger partial charge in [-0.15, -0.1) is 0 Å². The van der Waals surface area contributed by atoms with Gasteiger partial charge < -0.3 is 63.0 Å². The Hall–Kier alpha value is -7.52. The summed E-state index contributed by atoms with van der Waals surface area (Å²) in [5, 5.41) is 31.2. The molecule has 1 unspecified atom stereocenters. The van der Waals surface area contributed by atoms with Crippen LogP contribution >= 0.6 is 0 Å². The van der Waals surface area contributed by atoms with E-state index in [1.165, 1.54) is 0 Å².